The summed E-state index contributed by atoms with van der Waals surface area (Å²) in [6.07, 6.45) is 14.7. The van der Waals surface area contributed by atoms with Crippen molar-refractivity contribution in [1.82, 2.24) is 10.2 Å². The Balaban J connectivity index is 1.42. The zero-order valence-electron chi connectivity index (χ0n) is 19.6. The third-order valence-corrected chi connectivity index (χ3v) is 7.87. The van der Waals surface area contributed by atoms with Crippen LogP contribution in [0.15, 0.2) is 24.3 Å². The van der Waals surface area contributed by atoms with Crippen LogP contribution in [0.4, 0.5) is 0 Å². The molecule has 1 saturated heterocycles. The number of piperidine rings is 1. The highest BCUT2D eigenvalue weighted by Crippen LogP contribution is 2.36. The van der Waals surface area contributed by atoms with Crippen molar-refractivity contribution in [2.24, 2.45) is 11.3 Å². The summed E-state index contributed by atoms with van der Waals surface area (Å²) in [4.78, 5) is 28.2. The second-order valence-corrected chi connectivity index (χ2v) is 10.3. The molecule has 0 aromatic heterocycles. The van der Waals surface area contributed by atoms with E-state index in [1.165, 1.54) is 32.1 Å². The fourth-order valence-electron chi connectivity index (χ4n) is 5.92. The van der Waals surface area contributed by atoms with E-state index < -0.39 is 0 Å². The number of carbonyl (C=O) groups excluding carboxylic acids is 2. The summed E-state index contributed by atoms with van der Waals surface area (Å²) in [5.41, 5.74) is 0.600. The summed E-state index contributed by atoms with van der Waals surface area (Å²) >= 11 is 0. The van der Waals surface area contributed by atoms with Gasteiger partial charge in [-0.25, -0.2) is 0 Å². The van der Waals surface area contributed by atoms with Gasteiger partial charge in [-0.15, -0.1) is 0 Å². The minimum atomic E-state index is -0.0658. The maximum atomic E-state index is 13.1. The summed E-state index contributed by atoms with van der Waals surface area (Å²) in [5, 5.41) is 3.22. The monoisotopic (exact) mass is 440 g/mol. The maximum Gasteiger partial charge on any atom is 0.255 e. The first-order valence-electron chi connectivity index (χ1n) is 12.9. The van der Waals surface area contributed by atoms with E-state index in [1.807, 2.05) is 24.3 Å². The maximum absolute atomic E-state index is 13.1. The smallest absolute Gasteiger partial charge is 0.255 e. The zero-order valence-corrected chi connectivity index (χ0v) is 19.6. The molecule has 1 N–H and O–H groups in total. The van der Waals surface area contributed by atoms with Crippen molar-refractivity contribution in [1.29, 1.82) is 0 Å². The Labute approximate surface area is 193 Å². The van der Waals surface area contributed by atoms with Gasteiger partial charge in [0.15, 0.2) is 0 Å². The fourth-order valence-corrected chi connectivity index (χ4v) is 5.92. The lowest BCUT2D eigenvalue weighted by molar-refractivity contribution is -0.135. The van der Waals surface area contributed by atoms with Gasteiger partial charge in [0.2, 0.25) is 5.91 Å². The van der Waals surface area contributed by atoms with E-state index in [9.17, 15) is 9.59 Å². The van der Waals surface area contributed by atoms with Crippen LogP contribution in [-0.4, -0.2) is 43.0 Å². The molecule has 1 aliphatic carbocycles. The molecule has 1 spiro atoms. The molecule has 5 nitrogen and oxygen atoms in total. The first-order valence-corrected chi connectivity index (χ1v) is 12.9. The number of rotatable bonds is 3. The molecule has 2 fully saturated rings. The molecule has 1 aromatic rings. The Morgan fingerprint density at radius 1 is 1.03 bits per heavy atom. The van der Waals surface area contributed by atoms with Gasteiger partial charge in [0.25, 0.3) is 5.91 Å². The van der Waals surface area contributed by atoms with Gasteiger partial charge >= 0.3 is 0 Å². The number of benzene rings is 1. The van der Waals surface area contributed by atoms with Crippen molar-refractivity contribution in [3.05, 3.63) is 29.8 Å². The van der Waals surface area contributed by atoms with Crippen LogP contribution in [0.3, 0.4) is 0 Å². The minimum Gasteiger partial charge on any atom is -0.493 e. The third kappa shape index (κ3) is 6.05. The standard InChI is InChI=1S/C27H40N2O3/c30-25(15-14-22-10-3-4-11-22)29-18-9-17-27(21-29)16-7-1-2-8-19-32-24-13-6-5-12-23(24)26(31)28-20-27/h5-6,12-13,22H,1-4,7-11,14-21H2,(H,28,31). The molecule has 1 atom stereocenters. The number of hydrogen-bond acceptors (Lipinski definition) is 3. The predicted octanol–water partition coefficient (Wildman–Crippen LogP) is 5.34. The quantitative estimate of drug-likeness (QED) is 0.690. The van der Waals surface area contributed by atoms with Gasteiger partial charge in [-0.2, -0.15) is 0 Å². The number of para-hydroxylation sites is 1. The van der Waals surface area contributed by atoms with Gasteiger partial charge < -0.3 is 15.0 Å². The average molecular weight is 441 g/mol. The molecule has 2 heterocycles. The van der Waals surface area contributed by atoms with Crippen LogP contribution < -0.4 is 10.1 Å². The van der Waals surface area contributed by atoms with E-state index in [4.69, 9.17) is 4.74 Å². The Bertz CT molecular complexity index is 774. The topological polar surface area (TPSA) is 58.6 Å². The second-order valence-electron chi connectivity index (χ2n) is 10.3. The molecule has 0 radical (unpaired) electrons. The second kappa shape index (κ2) is 11.2. The molecular formula is C27H40N2O3. The molecule has 32 heavy (non-hydrogen) atoms. The van der Waals surface area contributed by atoms with Gasteiger partial charge in [0.1, 0.15) is 5.75 Å². The van der Waals surface area contributed by atoms with E-state index in [0.29, 0.717) is 36.8 Å². The highest BCUT2D eigenvalue weighted by molar-refractivity contribution is 5.96. The van der Waals surface area contributed by atoms with Crippen molar-refractivity contribution in [2.45, 2.75) is 83.5 Å². The number of amides is 2. The van der Waals surface area contributed by atoms with Crippen LogP contribution >= 0.6 is 0 Å². The van der Waals surface area contributed by atoms with Crippen molar-refractivity contribution < 1.29 is 14.3 Å². The summed E-state index contributed by atoms with van der Waals surface area (Å²) in [7, 11) is 0. The number of fused-ring (bicyclic) bond motifs is 1. The number of nitrogens with one attached hydrogen (secondary N) is 1. The summed E-state index contributed by atoms with van der Waals surface area (Å²) < 4.78 is 5.91. The first kappa shape index (κ1) is 23.1. The molecule has 2 aliphatic heterocycles. The largest absolute Gasteiger partial charge is 0.493 e. The molecule has 4 rings (SSSR count). The molecule has 2 amide bonds. The number of likely N-dealkylation sites (tertiary alicyclic amines) is 1. The van der Waals surface area contributed by atoms with Gasteiger partial charge in [-0.1, -0.05) is 57.1 Å². The van der Waals surface area contributed by atoms with Crippen LogP contribution in [0, 0.1) is 11.3 Å². The number of nitrogens with zero attached hydrogens (tertiary/aromatic N) is 1. The molecule has 3 aliphatic rings. The van der Waals surface area contributed by atoms with Crippen molar-refractivity contribution >= 4 is 11.8 Å². The van der Waals surface area contributed by atoms with Gasteiger partial charge in [-0.05, 0) is 50.2 Å². The molecule has 1 unspecified atom stereocenters. The fraction of sp³-hybridized carbons (Fsp3) is 0.704. The molecule has 1 saturated carbocycles. The highest BCUT2D eigenvalue weighted by atomic mass is 16.5. The molecule has 1 aromatic carbocycles. The van der Waals surface area contributed by atoms with Gasteiger partial charge in [0.05, 0.1) is 12.2 Å². The van der Waals surface area contributed by atoms with Gasteiger partial charge in [0, 0.05) is 31.5 Å². The lowest BCUT2D eigenvalue weighted by Gasteiger charge is -2.43. The highest BCUT2D eigenvalue weighted by Gasteiger charge is 2.37. The van der Waals surface area contributed by atoms with Crippen LogP contribution in [-0.2, 0) is 4.79 Å². The Morgan fingerprint density at radius 2 is 1.81 bits per heavy atom. The molecule has 0 bridgehead atoms. The molecule has 5 heteroatoms. The van der Waals surface area contributed by atoms with E-state index in [1.54, 1.807) is 0 Å². The van der Waals surface area contributed by atoms with Gasteiger partial charge in [-0.3, -0.25) is 9.59 Å². The summed E-state index contributed by atoms with van der Waals surface area (Å²) in [5.74, 6) is 1.68. The van der Waals surface area contributed by atoms with Crippen molar-refractivity contribution in [2.75, 3.05) is 26.2 Å². The van der Waals surface area contributed by atoms with E-state index >= 15 is 0 Å². The van der Waals surface area contributed by atoms with E-state index in [2.05, 4.69) is 10.2 Å². The third-order valence-electron chi connectivity index (χ3n) is 7.87. The van der Waals surface area contributed by atoms with Crippen LogP contribution in [0.5, 0.6) is 5.75 Å². The molecule has 176 valence electrons. The lowest BCUT2D eigenvalue weighted by atomic mass is 9.75. The van der Waals surface area contributed by atoms with Crippen LogP contribution in [0.1, 0.15) is 93.8 Å². The number of hydrogen-bond donors (Lipinski definition) is 1. The van der Waals surface area contributed by atoms with Crippen molar-refractivity contribution in [3.8, 4) is 5.75 Å². The first-order chi connectivity index (χ1) is 15.7. The lowest BCUT2D eigenvalue weighted by Crippen LogP contribution is -2.51. The average Bonchev–Trinajstić information content (AvgIpc) is 3.34. The summed E-state index contributed by atoms with van der Waals surface area (Å²) in [6.45, 7) is 2.94. The number of carbonyl (C=O) groups is 2. The molecular weight excluding hydrogens is 400 g/mol. The summed E-state index contributed by atoms with van der Waals surface area (Å²) in [6, 6.07) is 7.54. The van der Waals surface area contributed by atoms with E-state index in [-0.39, 0.29) is 11.3 Å². The Kier molecular flexibility index (Phi) is 8.10. The number of ether oxygens (including phenoxy) is 1. The Hall–Kier alpha value is -2.04. The van der Waals surface area contributed by atoms with Crippen LogP contribution in [0.25, 0.3) is 0 Å². The Morgan fingerprint density at radius 3 is 2.69 bits per heavy atom. The normalized spacial score (nSPS) is 25.8. The predicted molar refractivity (Wildman–Crippen MR) is 127 cm³/mol. The zero-order chi connectivity index (χ0) is 22.2. The van der Waals surface area contributed by atoms with Crippen LogP contribution in [0.2, 0.25) is 0 Å². The minimum absolute atomic E-state index is 0.0131. The van der Waals surface area contributed by atoms with E-state index in [0.717, 1.165) is 64.0 Å². The SMILES string of the molecule is O=C1NCC2(CCCCCCOc3ccccc31)CCCN(C(=O)CCC1CCCC1)C2. The van der Waals surface area contributed by atoms with Crippen molar-refractivity contribution in [3.63, 3.8) is 0 Å².